The summed E-state index contributed by atoms with van der Waals surface area (Å²) >= 11 is 0. The fourth-order valence-corrected chi connectivity index (χ4v) is 2.18. The summed E-state index contributed by atoms with van der Waals surface area (Å²) in [4.78, 5) is 6.47. The van der Waals surface area contributed by atoms with Crippen molar-refractivity contribution in [3.8, 4) is 22.8 Å². The predicted molar refractivity (Wildman–Crippen MR) is 81.7 cm³/mol. The molecule has 0 aliphatic heterocycles. The Labute approximate surface area is 118 Å². The smallest absolute Gasteiger partial charge is 0.228 e. The van der Waals surface area contributed by atoms with Gasteiger partial charge in [0.2, 0.25) is 5.89 Å². The Balaban J connectivity index is 2.03. The third kappa shape index (κ3) is 2.30. The van der Waals surface area contributed by atoms with Crippen molar-refractivity contribution in [2.75, 3.05) is 19.0 Å². The molecule has 0 aliphatic rings. The molecule has 0 amide bonds. The van der Waals surface area contributed by atoms with Gasteiger partial charge in [0.25, 0.3) is 0 Å². The lowest BCUT2D eigenvalue weighted by atomic mass is 10.1. The van der Waals surface area contributed by atoms with Crippen molar-refractivity contribution in [2.45, 2.75) is 0 Å². The normalized spacial score (nSPS) is 10.5. The number of para-hydroxylation sites is 1. The first kappa shape index (κ1) is 12.5. The zero-order chi connectivity index (χ0) is 13.9. The molecule has 3 aromatic rings. The molecule has 0 saturated carbocycles. The monoisotopic (exact) mass is 264 g/mol. The van der Waals surface area contributed by atoms with Gasteiger partial charge in [-0.05, 0) is 12.1 Å². The average molecular weight is 264 g/mol. The highest BCUT2D eigenvalue weighted by molar-refractivity contribution is 5.74. The molecule has 0 radical (unpaired) electrons. The third-order valence-corrected chi connectivity index (χ3v) is 3.18. The van der Waals surface area contributed by atoms with Crippen molar-refractivity contribution in [2.24, 2.45) is 0 Å². The van der Waals surface area contributed by atoms with E-state index in [2.05, 4.69) is 16.0 Å². The molecule has 0 saturated heterocycles. The maximum Gasteiger partial charge on any atom is 0.228 e. The van der Waals surface area contributed by atoms with Crippen molar-refractivity contribution in [3.05, 3.63) is 60.8 Å². The van der Waals surface area contributed by atoms with Crippen LogP contribution in [0.2, 0.25) is 0 Å². The van der Waals surface area contributed by atoms with Crippen LogP contribution in [0, 0.1) is 0 Å². The Bertz CT molecular complexity index is 702. The highest BCUT2D eigenvalue weighted by Gasteiger charge is 2.12. The first-order chi connectivity index (χ1) is 9.75. The van der Waals surface area contributed by atoms with E-state index in [1.165, 1.54) is 0 Å². The summed E-state index contributed by atoms with van der Waals surface area (Å²) in [6.45, 7) is 0. The van der Waals surface area contributed by atoms with Gasteiger partial charge in [0.15, 0.2) is 5.76 Å². The molecular formula is C17H16N2O. The van der Waals surface area contributed by atoms with Gasteiger partial charge in [-0.25, -0.2) is 4.98 Å². The summed E-state index contributed by atoms with van der Waals surface area (Å²) in [5.74, 6) is 1.43. The molecule has 3 nitrogen and oxygen atoms in total. The lowest BCUT2D eigenvalue weighted by Gasteiger charge is -2.15. The first-order valence-electron chi connectivity index (χ1n) is 6.53. The van der Waals surface area contributed by atoms with Gasteiger partial charge >= 0.3 is 0 Å². The van der Waals surface area contributed by atoms with Gasteiger partial charge in [0.05, 0.1) is 11.8 Å². The number of nitrogens with zero attached hydrogens (tertiary/aromatic N) is 2. The first-order valence-corrected chi connectivity index (χ1v) is 6.53. The van der Waals surface area contributed by atoms with Crippen molar-refractivity contribution in [3.63, 3.8) is 0 Å². The Hall–Kier alpha value is -2.55. The van der Waals surface area contributed by atoms with E-state index in [0.29, 0.717) is 5.89 Å². The fraction of sp³-hybridized carbons (Fsp3) is 0.118. The second kappa shape index (κ2) is 5.21. The molecule has 0 spiro atoms. The summed E-state index contributed by atoms with van der Waals surface area (Å²) in [5.41, 5.74) is 3.13. The third-order valence-electron chi connectivity index (χ3n) is 3.18. The zero-order valence-corrected chi connectivity index (χ0v) is 11.6. The van der Waals surface area contributed by atoms with Gasteiger partial charge in [-0.1, -0.05) is 42.5 Å². The number of anilines is 1. The van der Waals surface area contributed by atoms with Gasteiger partial charge in [-0.15, -0.1) is 0 Å². The number of hydrogen-bond acceptors (Lipinski definition) is 3. The lowest BCUT2D eigenvalue weighted by molar-refractivity contribution is 0.589. The largest absolute Gasteiger partial charge is 0.436 e. The van der Waals surface area contributed by atoms with Gasteiger partial charge in [-0.2, -0.15) is 0 Å². The van der Waals surface area contributed by atoms with E-state index >= 15 is 0 Å². The van der Waals surface area contributed by atoms with Crippen LogP contribution in [0.4, 0.5) is 5.69 Å². The minimum atomic E-state index is 0.646. The van der Waals surface area contributed by atoms with Crippen molar-refractivity contribution < 1.29 is 4.42 Å². The van der Waals surface area contributed by atoms with Gasteiger partial charge in [0.1, 0.15) is 0 Å². The number of benzene rings is 2. The summed E-state index contributed by atoms with van der Waals surface area (Å²) in [5, 5.41) is 0. The second-order valence-electron chi connectivity index (χ2n) is 4.81. The van der Waals surface area contributed by atoms with E-state index in [9.17, 15) is 0 Å². The van der Waals surface area contributed by atoms with Gasteiger partial charge < -0.3 is 9.32 Å². The van der Waals surface area contributed by atoms with Gasteiger partial charge in [-0.3, -0.25) is 0 Å². The van der Waals surface area contributed by atoms with Crippen molar-refractivity contribution in [1.29, 1.82) is 0 Å². The summed E-state index contributed by atoms with van der Waals surface area (Å²) in [7, 11) is 4.03. The van der Waals surface area contributed by atoms with Crippen LogP contribution in [0.25, 0.3) is 22.8 Å². The van der Waals surface area contributed by atoms with Gasteiger partial charge in [0, 0.05) is 25.3 Å². The molecule has 0 N–H and O–H groups in total. The maximum atomic E-state index is 5.91. The maximum absolute atomic E-state index is 5.91. The molecule has 0 aliphatic carbocycles. The number of hydrogen-bond donors (Lipinski definition) is 0. The van der Waals surface area contributed by atoms with Crippen LogP contribution in [0.15, 0.2) is 65.2 Å². The summed E-state index contributed by atoms with van der Waals surface area (Å²) < 4.78 is 5.91. The highest BCUT2D eigenvalue weighted by atomic mass is 16.4. The van der Waals surface area contributed by atoms with E-state index < -0.39 is 0 Å². The van der Waals surface area contributed by atoms with Crippen LogP contribution >= 0.6 is 0 Å². The Kier molecular flexibility index (Phi) is 3.25. The van der Waals surface area contributed by atoms with Crippen LogP contribution in [-0.4, -0.2) is 19.1 Å². The van der Waals surface area contributed by atoms with Crippen LogP contribution in [0.3, 0.4) is 0 Å². The molecule has 0 fully saturated rings. The summed E-state index contributed by atoms with van der Waals surface area (Å²) in [6.07, 6.45) is 1.77. The molecule has 0 unspecified atom stereocenters. The number of rotatable bonds is 3. The quantitative estimate of drug-likeness (QED) is 0.714. The Morgan fingerprint density at radius 3 is 2.35 bits per heavy atom. The molecule has 3 heteroatoms. The predicted octanol–water partition coefficient (Wildman–Crippen LogP) is 4.07. The fourth-order valence-electron chi connectivity index (χ4n) is 2.18. The lowest BCUT2D eigenvalue weighted by Crippen LogP contribution is -2.09. The summed E-state index contributed by atoms with van der Waals surface area (Å²) in [6, 6.07) is 18.1. The van der Waals surface area contributed by atoms with E-state index in [1.807, 2.05) is 62.6 Å². The SMILES string of the molecule is CN(C)c1ccccc1-c1ncc(-c2ccccc2)o1. The minimum absolute atomic E-state index is 0.646. The molecule has 2 aromatic carbocycles. The van der Waals surface area contributed by atoms with Crippen LogP contribution < -0.4 is 4.90 Å². The van der Waals surface area contributed by atoms with E-state index in [0.717, 1.165) is 22.6 Å². The van der Waals surface area contributed by atoms with Crippen molar-refractivity contribution >= 4 is 5.69 Å². The molecule has 1 aromatic heterocycles. The Morgan fingerprint density at radius 2 is 1.60 bits per heavy atom. The minimum Gasteiger partial charge on any atom is -0.436 e. The van der Waals surface area contributed by atoms with Crippen molar-refractivity contribution in [1.82, 2.24) is 4.98 Å². The van der Waals surface area contributed by atoms with Crippen LogP contribution in [0.1, 0.15) is 0 Å². The molecule has 100 valence electrons. The van der Waals surface area contributed by atoms with Crippen LogP contribution in [-0.2, 0) is 0 Å². The Morgan fingerprint density at radius 1 is 0.900 bits per heavy atom. The molecule has 3 rings (SSSR count). The van der Waals surface area contributed by atoms with Crippen LogP contribution in [0.5, 0.6) is 0 Å². The molecule has 0 bridgehead atoms. The molecule has 1 heterocycles. The highest BCUT2D eigenvalue weighted by Crippen LogP contribution is 2.31. The topological polar surface area (TPSA) is 29.3 Å². The standard InChI is InChI=1S/C17H16N2O/c1-19(2)15-11-7-6-10-14(15)17-18-12-16(20-17)13-8-4-3-5-9-13/h3-12H,1-2H3. The second-order valence-corrected chi connectivity index (χ2v) is 4.81. The molecular weight excluding hydrogens is 248 g/mol. The number of aromatic nitrogens is 1. The van der Waals surface area contributed by atoms with E-state index in [-0.39, 0.29) is 0 Å². The number of oxazole rings is 1. The van der Waals surface area contributed by atoms with E-state index in [4.69, 9.17) is 4.42 Å². The zero-order valence-electron chi connectivity index (χ0n) is 11.6. The molecule has 0 atom stereocenters. The van der Waals surface area contributed by atoms with E-state index in [1.54, 1.807) is 6.20 Å². The molecule has 20 heavy (non-hydrogen) atoms. The average Bonchev–Trinajstić information content (AvgIpc) is 2.98.